The van der Waals surface area contributed by atoms with E-state index >= 15 is 0 Å². The highest BCUT2D eigenvalue weighted by Crippen LogP contribution is 2.41. The number of alkyl halides is 3. The van der Waals surface area contributed by atoms with Crippen molar-refractivity contribution in [3.63, 3.8) is 0 Å². The second-order valence-electron chi connectivity index (χ2n) is 6.91. The number of aromatic nitrogens is 1. The van der Waals surface area contributed by atoms with Crippen LogP contribution in [0.4, 0.5) is 36.1 Å². The van der Waals surface area contributed by atoms with Crippen molar-refractivity contribution in [1.29, 1.82) is 0 Å². The molecule has 13 heteroatoms. The predicted molar refractivity (Wildman–Crippen MR) is 104 cm³/mol. The van der Waals surface area contributed by atoms with Crippen LogP contribution in [0.25, 0.3) is 0 Å². The summed E-state index contributed by atoms with van der Waals surface area (Å²) in [6.45, 7) is 3.72. The minimum atomic E-state index is -4.97. The van der Waals surface area contributed by atoms with Gasteiger partial charge in [-0.05, 0) is 18.6 Å². The van der Waals surface area contributed by atoms with E-state index in [1.807, 2.05) is 11.8 Å². The third kappa shape index (κ3) is 5.17. The fraction of sp³-hybridized carbons (Fsp3) is 0.389. The molecule has 2 aromatic rings. The first kappa shape index (κ1) is 22.2. The molecule has 1 aromatic carbocycles. The molecule has 1 aromatic heterocycles. The number of morpholine rings is 1. The van der Waals surface area contributed by atoms with Gasteiger partial charge < -0.3 is 15.0 Å². The maximum atomic E-state index is 13.0. The van der Waals surface area contributed by atoms with Crippen LogP contribution in [-0.2, 0) is 17.5 Å². The maximum absolute atomic E-state index is 13.0. The molecule has 166 valence electrons. The quantitative estimate of drug-likeness (QED) is 0.531. The molecule has 0 amide bonds. The van der Waals surface area contributed by atoms with Crippen molar-refractivity contribution < 1.29 is 27.8 Å². The second-order valence-corrected chi connectivity index (χ2v) is 6.91. The van der Waals surface area contributed by atoms with E-state index in [0.29, 0.717) is 31.1 Å². The minimum Gasteiger partial charge on any atom is -0.375 e. The molecule has 0 saturated carbocycles. The lowest BCUT2D eigenvalue weighted by atomic mass is 10.1. The third-order valence-corrected chi connectivity index (χ3v) is 4.66. The van der Waals surface area contributed by atoms with Crippen LogP contribution in [0.2, 0.25) is 0 Å². The number of rotatable bonds is 6. The molecule has 31 heavy (non-hydrogen) atoms. The van der Waals surface area contributed by atoms with E-state index in [0.717, 1.165) is 0 Å². The van der Waals surface area contributed by atoms with Crippen molar-refractivity contribution in [1.82, 2.24) is 4.98 Å². The molecule has 1 aliphatic rings. The van der Waals surface area contributed by atoms with Crippen LogP contribution in [0, 0.1) is 20.2 Å². The molecule has 0 bridgehead atoms. The number of benzene rings is 1. The Hall–Kier alpha value is -3.48. The Morgan fingerprint density at radius 1 is 1.23 bits per heavy atom. The lowest BCUT2D eigenvalue weighted by molar-refractivity contribution is -0.392. The molecule has 2 heterocycles. The first-order valence-corrected chi connectivity index (χ1v) is 9.15. The van der Waals surface area contributed by atoms with Gasteiger partial charge in [0.25, 0.3) is 11.4 Å². The molecule has 1 unspecified atom stereocenters. The number of hydrogen-bond donors (Lipinski definition) is 1. The first-order chi connectivity index (χ1) is 14.6. The van der Waals surface area contributed by atoms with Crippen molar-refractivity contribution in [2.24, 2.45) is 0 Å². The Bertz CT molecular complexity index is 949. The van der Waals surface area contributed by atoms with Crippen LogP contribution in [-0.4, -0.2) is 40.6 Å². The van der Waals surface area contributed by atoms with E-state index in [1.165, 1.54) is 6.20 Å². The molecule has 1 fully saturated rings. The monoisotopic (exact) mass is 441 g/mol. The number of anilines is 2. The zero-order valence-electron chi connectivity index (χ0n) is 16.3. The molecule has 1 aliphatic heterocycles. The Morgan fingerprint density at radius 3 is 2.35 bits per heavy atom. The molecule has 1 saturated heterocycles. The van der Waals surface area contributed by atoms with Gasteiger partial charge in [0.15, 0.2) is 5.69 Å². The number of nitrogens with one attached hydrogen (secondary N) is 1. The fourth-order valence-corrected chi connectivity index (χ4v) is 3.17. The van der Waals surface area contributed by atoms with Gasteiger partial charge in [0.2, 0.25) is 0 Å². The summed E-state index contributed by atoms with van der Waals surface area (Å²) in [7, 11) is 0. The van der Waals surface area contributed by atoms with Crippen molar-refractivity contribution in [3.05, 3.63) is 61.8 Å². The third-order valence-electron chi connectivity index (χ3n) is 4.66. The van der Waals surface area contributed by atoms with Gasteiger partial charge in [-0.3, -0.25) is 20.2 Å². The highest BCUT2D eigenvalue weighted by Gasteiger charge is 2.37. The van der Waals surface area contributed by atoms with Crippen LogP contribution in [0.3, 0.4) is 0 Å². The van der Waals surface area contributed by atoms with Gasteiger partial charge in [-0.25, -0.2) is 4.98 Å². The highest BCUT2D eigenvalue weighted by molar-refractivity contribution is 5.75. The maximum Gasteiger partial charge on any atom is 0.416 e. The molecule has 10 nitrogen and oxygen atoms in total. The summed E-state index contributed by atoms with van der Waals surface area (Å²) < 4.78 is 44.4. The smallest absolute Gasteiger partial charge is 0.375 e. The van der Waals surface area contributed by atoms with Crippen LogP contribution in [0.1, 0.15) is 18.1 Å². The molecule has 0 spiro atoms. The van der Waals surface area contributed by atoms with Gasteiger partial charge >= 0.3 is 6.18 Å². The molecule has 3 rings (SSSR count). The average Bonchev–Trinajstić information content (AvgIpc) is 2.71. The number of nitrogens with zero attached hydrogens (tertiary/aromatic N) is 4. The van der Waals surface area contributed by atoms with Crippen molar-refractivity contribution in [3.8, 4) is 0 Å². The van der Waals surface area contributed by atoms with Crippen molar-refractivity contribution >= 4 is 22.9 Å². The number of pyridine rings is 1. The topological polar surface area (TPSA) is 124 Å². The van der Waals surface area contributed by atoms with E-state index in [2.05, 4.69) is 10.3 Å². The zero-order valence-corrected chi connectivity index (χ0v) is 16.3. The summed E-state index contributed by atoms with van der Waals surface area (Å²) in [4.78, 5) is 26.7. The normalized spacial score (nSPS) is 16.8. The Balaban J connectivity index is 1.83. The SMILES string of the molecule is CC1CN(c2ccc(CNc3c([N+](=O)[O-])cc(C(F)(F)F)cc3[N+](=O)[O-])cn2)CCO1. The molecule has 1 N–H and O–H groups in total. The Morgan fingerprint density at radius 2 is 1.87 bits per heavy atom. The summed E-state index contributed by atoms with van der Waals surface area (Å²) in [5, 5.41) is 25.1. The largest absolute Gasteiger partial charge is 0.416 e. The Labute approximate surface area is 173 Å². The summed E-state index contributed by atoms with van der Waals surface area (Å²) in [6, 6.07) is 3.95. The molecular weight excluding hydrogens is 423 g/mol. The molecule has 0 radical (unpaired) electrons. The average molecular weight is 441 g/mol. The van der Waals surface area contributed by atoms with Crippen LogP contribution >= 0.6 is 0 Å². The van der Waals surface area contributed by atoms with Crippen LogP contribution in [0.15, 0.2) is 30.5 Å². The first-order valence-electron chi connectivity index (χ1n) is 9.15. The summed E-state index contributed by atoms with van der Waals surface area (Å²) >= 11 is 0. The molecular formula is C18H18F3N5O5. The highest BCUT2D eigenvalue weighted by atomic mass is 19.4. The number of halogens is 3. The molecule has 1 atom stereocenters. The van der Waals surface area contributed by atoms with Gasteiger partial charge in [0.1, 0.15) is 5.82 Å². The van der Waals surface area contributed by atoms with E-state index in [9.17, 15) is 33.4 Å². The van der Waals surface area contributed by atoms with Crippen LogP contribution in [0.5, 0.6) is 0 Å². The number of nitro groups is 2. The Kier molecular flexibility index (Phi) is 6.24. The van der Waals surface area contributed by atoms with E-state index in [1.54, 1.807) is 12.1 Å². The summed E-state index contributed by atoms with van der Waals surface area (Å²) in [5.41, 5.74) is -3.60. The summed E-state index contributed by atoms with van der Waals surface area (Å²) in [6.07, 6.45) is -3.42. The minimum absolute atomic E-state index is 0.0534. The van der Waals surface area contributed by atoms with Gasteiger partial charge in [-0.15, -0.1) is 0 Å². The number of nitro benzene ring substituents is 2. The fourth-order valence-electron chi connectivity index (χ4n) is 3.17. The zero-order chi connectivity index (χ0) is 22.8. The van der Waals surface area contributed by atoms with E-state index < -0.39 is 38.6 Å². The standard InChI is InChI=1S/C18H18F3N5O5/c1-11-10-24(4-5-31-11)16-3-2-12(8-22-16)9-23-17-14(25(27)28)6-13(18(19,20)21)7-15(17)26(29)30/h2-3,6-8,11,23H,4-5,9-10H2,1H3. The van der Waals surface area contributed by atoms with Gasteiger partial charge in [-0.2, -0.15) is 13.2 Å². The molecule has 0 aliphatic carbocycles. The van der Waals surface area contributed by atoms with Gasteiger partial charge in [0.05, 0.1) is 28.1 Å². The van der Waals surface area contributed by atoms with Crippen molar-refractivity contribution in [2.75, 3.05) is 29.9 Å². The van der Waals surface area contributed by atoms with E-state index in [-0.39, 0.29) is 24.8 Å². The van der Waals surface area contributed by atoms with Crippen LogP contribution < -0.4 is 10.2 Å². The van der Waals surface area contributed by atoms with Gasteiger partial charge in [0, 0.05) is 38.0 Å². The lowest BCUT2D eigenvalue weighted by Crippen LogP contribution is -2.41. The number of hydrogen-bond acceptors (Lipinski definition) is 8. The second kappa shape index (κ2) is 8.71. The summed E-state index contributed by atoms with van der Waals surface area (Å²) in [5.74, 6) is 0.699. The lowest BCUT2D eigenvalue weighted by Gasteiger charge is -2.32. The predicted octanol–water partition coefficient (Wildman–Crippen LogP) is 3.75. The van der Waals surface area contributed by atoms with Gasteiger partial charge in [-0.1, -0.05) is 6.07 Å². The number of ether oxygens (including phenoxy) is 1. The van der Waals surface area contributed by atoms with E-state index in [4.69, 9.17) is 4.74 Å². The van der Waals surface area contributed by atoms with Crippen molar-refractivity contribution in [2.45, 2.75) is 25.7 Å².